The second-order valence-electron chi connectivity index (χ2n) is 5.57. The van der Waals surface area contributed by atoms with Crippen LogP contribution in [0.25, 0.3) is 0 Å². The zero-order valence-corrected chi connectivity index (χ0v) is 14.9. The summed E-state index contributed by atoms with van der Waals surface area (Å²) < 4.78 is 50.5. The topological polar surface area (TPSA) is 73.9 Å². The fourth-order valence-corrected chi connectivity index (χ4v) is 1.82. The highest BCUT2D eigenvalue weighted by molar-refractivity contribution is 5.81. The molecule has 1 amide bonds. The van der Waals surface area contributed by atoms with Crippen LogP contribution in [0.4, 0.5) is 13.2 Å². The van der Waals surface area contributed by atoms with Crippen LogP contribution in [0.15, 0.2) is 36.9 Å². The predicted octanol–water partition coefficient (Wildman–Crippen LogP) is 2.52. The van der Waals surface area contributed by atoms with E-state index in [0.717, 1.165) is 5.56 Å². The van der Waals surface area contributed by atoms with Crippen LogP contribution in [0, 0.1) is 0 Å². The fourth-order valence-electron chi connectivity index (χ4n) is 1.82. The van der Waals surface area contributed by atoms with Gasteiger partial charge in [0.05, 0.1) is 13.2 Å². The minimum absolute atomic E-state index is 0.159. The Hall–Kier alpha value is -2.39. The summed E-state index contributed by atoms with van der Waals surface area (Å²) in [4.78, 5) is 23.3. The molecule has 9 heteroatoms. The van der Waals surface area contributed by atoms with Crippen LogP contribution in [0.3, 0.4) is 0 Å². The first-order chi connectivity index (χ1) is 12.7. The lowest BCUT2D eigenvalue weighted by Gasteiger charge is -2.11. The molecule has 0 bridgehead atoms. The van der Waals surface area contributed by atoms with Crippen molar-refractivity contribution in [2.24, 2.45) is 0 Å². The molecule has 1 unspecified atom stereocenters. The van der Waals surface area contributed by atoms with Crippen LogP contribution in [0.1, 0.15) is 18.1 Å². The van der Waals surface area contributed by atoms with Crippen LogP contribution in [-0.4, -0.2) is 44.0 Å². The Bertz CT molecular complexity index is 616. The van der Waals surface area contributed by atoms with Crippen LogP contribution in [-0.2, 0) is 37.0 Å². The number of amides is 1. The van der Waals surface area contributed by atoms with Crippen molar-refractivity contribution >= 4 is 11.9 Å². The third kappa shape index (κ3) is 10.4. The van der Waals surface area contributed by atoms with Crippen LogP contribution in [0.5, 0.6) is 0 Å². The molecule has 0 fully saturated rings. The smallest absolute Gasteiger partial charge is 0.411 e. The van der Waals surface area contributed by atoms with E-state index < -0.39 is 37.4 Å². The number of alkyl halides is 3. The van der Waals surface area contributed by atoms with Gasteiger partial charge in [-0.2, -0.15) is 13.2 Å². The fraction of sp³-hybridized carbons (Fsp3) is 0.444. The standard InChI is InChI=1S/C18H22F3NO5/c1-3-8-26-13(2)17(24)27-11-16(23)22-9-14-4-6-15(7-5-14)10-25-12-18(19,20)21/h3-7,13H,1,8-12H2,2H3,(H,22,23). The van der Waals surface area contributed by atoms with Crippen molar-refractivity contribution in [1.82, 2.24) is 5.32 Å². The molecule has 1 rings (SSSR count). The monoisotopic (exact) mass is 389 g/mol. The Labute approximate surface area is 155 Å². The molecular formula is C18H22F3NO5. The molecule has 0 radical (unpaired) electrons. The van der Waals surface area contributed by atoms with E-state index in [4.69, 9.17) is 9.47 Å². The lowest BCUT2D eigenvalue weighted by atomic mass is 10.1. The maximum absolute atomic E-state index is 12.0. The van der Waals surface area contributed by atoms with Crippen LogP contribution >= 0.6 is 0 Å². The summed E-state index contributed by atoms with van der Waals surface area (Å²) in [5.74, 6) is -1.15. The molecule has 0 saturated carbocycles. The summed E-state index contributed by atoms with van der Waals surface area (Å²) in [7, 11) is 0. The maximum Gasteiger partial charge on any atom is 0.411 e. The van der Waals surface area contributed by atoms with Crippen molar-refractivity contribution in [3.8, 4) is 0 Å². The molecule has 150 valence electrons. The van der Waals surface area contributed by atoms with E-state index in [1.165, 1.54) is 13.0 Å². The number of hydrogen-bond donors (Lipinski definition) is 1. The lowest BCUT2D eigenvalue weighted by Crippen LogP contribution is -2.31. The van der Waals surface area contributed by atoms with E-state index in [0.29, 0.717) is 5.56 Å². The molecule has 1 N–H and O–H groups in total. The summed E-state index contributed by atoms with van der Waals surface area (Å²) in [5, 5.41) is 2.57. The van der Waals surface area contributed by atoms with Gasteiger partial charge >= 0.3 is 12.1 Å². The van der Waals surface area contributed by atoms with Gasteiger partial charge in [-0.15, -0.1) is 6.58 Å². The second kappa shape index (κ2) is 11.3. The summed E-state index contributed by atoms with van der Waals surface area (Å²) >= 11 is 0. The van der Waals surface area contributed by atoms with Gasteiger partial charge in [0.1, 0.15) is 6.61 Å². The number of halogens is 3. The van der Waals surface area contributed by atoms with Crippen molar-refractivity contribution in [2.75, 3.05) is 19.8 Å². The van der Waals surface area contributed by atoms with Crippen molar-refractivity contribution < 1.29 is 37.0 Å². The van der Waals surface area contributed by atoms with E-state index in [1.807, 2.05) is 0 Å². The molecule has 0 aliphatic carbocycles. The van der Waals surface area contributed by atoms with E-state index >= 15 is 0 Å². The summed E-state index contributed by atoms with van der Waals surface area (Å²) in [6, 6.07) is 6.53. The maximum atomic E-state index is 12.0. The summed E-state index contributed by atoms with van der Waals surface area (Å²) in [5.41, 5.74) is 1.31. The molecule has 6 nitrogen and oxygen atoms in total. The van der Waals surface area contributed by atoms with Gasteiger partial charge in [-0.3, -0.25) is 4.79 Å². The van der Waals surface area contributed by atoms with Gasteiger partial charge in [0.25, 0.3) is 5.91 Å². The van der Waals surface area contributed by atoms with E-state index in [9.17, 15) is 22.8 Å². The molecule has 0 heterocycles. The highest BCUT2D eigenvalue weighted by Crippen LogP contribution is 2.15. The van der Waals surface area contributed by atoms with Crippen LogP contribution < -0.4 is 5.32 Å². The number of carbonyl (C=O) groups excluding carboxylic acids is 2. The minimum atomic E-state index is -4.36. The van der Waals surface area contributed by atoms with Gasteiger partial charge in [-0.05, 0) is 18.1 Å². The van der Waals surface area contributed by atoms with Crippen molar-refractivity contribution in [2.45, 2.75) is 32.4 Å². The van der Waals surface area contributed by atoms with Gasteiger partial charge in [0.15, 0.2) is 12.7 Å². The first-order valence-corrected chi connectivity index (χ1v) is 8.09. The molecule has 1 aromatic rings. The van der Waals surface area contributed by atoms with Crippen molar-refractivity contribution in [3.05, 3.63) is 48.0 Å². The van der Waals surface area contributed by atoms with Gasteiger partial charge in [0.2, 0.25) is 0 Å². The zero-order chi connectivity index (χ0) is 20.3. The summed E-state index contributed by atoms with van der Waals surface area (Å²) in [6.07, 6.45) is -3.67. The predicted molar refractivity (Wildman–Crippen MR) is 90.6 cm³/mol. The van der Waals surface area contributed by atoms with E-state index in [1.54, 1.807) is 24.3 Å². The summed E-state index contributed by atoms with van der Waals surface area (Å²) in [6.45, 7) is 3.43. The Kier molecular flexibility index (Phi) is 9.52. The van der Waals surface area contributed by atoms with Gasteiger partial charge in [-0.1, -0.05) is 30.3 Å². The Morgan fingerprint density at radius 2 is 1.85 bits per heavy atom. The van der Waals surface area contributed by atoms with Gasteiger partial charge in [0, 0.05) is 6.54 Å². The third-order valence-electron chi connectivity index (χ3n) is 3.19. The van der Waals surface area contributed by atoms with Crippen LogP contribution in [0.2, 0.25) is 0 Å². The number of ether oxygens (including phenoxy) is 3. The molecule has 0 spiro atoms. The second-order valence-corrected chi connectivity index (χ2v) is 5.57. The Morgan fingerprint density at radius 3 is 2.44 bits per heavy atom. The average Bonchev–Trinajstić information content (AvgIpc) is 2.62. The molecule has 0 aromatic heterocycles. The quantitative estimate of drug-likeness (QED) is 0.465. The number of hydrogen-bond acceptors (Lipinski definition) is 5. The largest absolute Gasteiger partial charge is 0.454 e. The minimum Gasteiger partial charge on any atom is -0.454 e. The molecule has 0 aliphatic rings. The first kappa shape index (κ1) is 22.7. The molecule has 0 saturated heterocycles. The molecule has 0 aliphatic heterocycles. The highest BCUT2D eigenvalue weighted by atomic mass is 19.4. The normalized spacial score (nSPS) is 12.3. The number of benzene rings is 1. The molecule has 1 aromatic carbocycles. The lowest BCUT2D eigenvalue weighted by molar-refractivity contribution is -0.176. The number of nitrogens with one attached hydrogen (secondary N) is 1. The third-order valence-corrected chi connectivity index (χ3v) is 3.19. The van der Waals surface area contributed by atoms with Crippen molar-refractivity contribution in [1.29, 1.82) is 0 Å². The Balaban J connectivity index is 2.29. The SMILES string of the molecule is C=CCOC(C)C(=O)OCC(=O)NCc1ccc(COCC(F)(F)F)cc1. The first-order valence-electron chi connectivity index (χ1n) is 8.09. The number of esters is 1. The average molecular weight is 389 g/mol. The van der Waals surface area contributed by atoms with Gasteiger partial charge < -0.3 is 19.5 Å². The highest BCUT2D eigenvalue weighted by Gasteiger charge is 2.27. The molecule has 27 heavy (non-hydrogen) atoms. The number of carbonyl (C=O) groups is 2. The van der Waals surface area contributed by atoms with Gasteiger partial charge in [-0.25, -0.2) is 4.79 Å². The van der Waals surface area contributed by atoms with E-state index in [-0.39, 0.29) is 19.8 Å². The van der Waals surface area contributed by atoms with E-state index in [2.05, 4.69) is 16.6 Å². The molecular weight excluding hydrogens is 367 g/mol. The Morgan fingerprint density at radius 1 is 1.22 bits per heavy atom. The zero-order valence-electron chi connectivity index (χ0n) is 14.9. The number of rotatable bonds is 11. The van der Waals surface area contributed by atoms with Crippen molar-refractivity contribution in [3.63, 3.8) is 0 Å². The molecule has 1 atom stereocenters.